The Morgan fingerprint density at radius 2 is 2.00 bits per heavy atom. The van der Waals surface area contributed by atoms with E-state index < -0.39 is 0 Å². The lowest BCUT2D eigenvalue weighted by Gasteiger charge is -2.45. The van der Waals surface area contributed by atoms with Gasteiger partial charge in [-0.25, -0.2) is 0 Å². The second-order valence-corrected chi connectivity index (χ2v) is 5.29. The molecule has 1 saturated heterocycles. The fourth-order valence-corrected chi connectivity index (χ4v) is 2.50. The molecule has 1 N–H and O–H groups in total. The molecule has 1 aliphatic heterocycles. The summed E-state index contributed by atoms with van der Waals surface area (Å²) in [4.78, 5) is 0. The molecule has 0 spiro atoms. The first-order valence-corrected chi connectivity index (χ1v) is 5.41. The lowest BCUT2D eigenvalue weighted by Crippen LogP contribution is -2.57. The molecule has 2 heteroatoms. The van der Waals surface area contributed by atoms with E-state index in [1.165, 1.54) is 5.57 Å². The summed E-state index contributed by atoms with van der Waals surface area (Å²) in [5.74, 6) is 0. The Morgan fingerprint density at radius 1 is 1.36 bits per heavy atom. The van der Waals surface area contributed by atoms with E-state index in [2.05, 4.69) is 33.0 Å². The van der Waals surface area contributed by atoms with Crippen LogP contribution in [-0.4, -0.2) is 18.2 Å². The van der Waals surface area contributed by atoms with Gasteiger partial charge >= 0.3 is 0 Å². The van der Waals surface area contributed by atoms with E-state index in [1.54, 1.807) is 7.11 Å². The zero-order valence-electron chi connectivity index (χ0n) is 10.1. The van der Waals surface area contributed by atoms with E-state index in [9.17, 15) is 0 Å². The van der Waals surface area contributed by atoms with Crippen molar-refractivity contribution in [1.82, 2.24) is 5.32 Å². The van der Waals surface area contributed by atoms with Gasteiger partial charge in [-0.05, 0) is 45.6 Å². The number of hydrogen-bond acceptors (Lipinski definition) is 2. The van der Waals surface area contributed by atoms with Crippen molar-refractivity contribution in [2.45, 2.75) is 58.0 Å². The maximum atomic E-state index is 5.12. The Balaban J connectivity index is 2.82. The van der Waals surface area contributed by atoms with E-state index in [0.717, 1.165) is 19.3 Å². The van der Waals surface area contributed by atoms with Crippen LogP contribution in [0.4, 0.5) is 0 Å². The van der Waals surface area contributed by atoms with Crippen LogP contribution in [-0.2, 0) is 4.74 Å². The summed E-state index contributed by atoms with van der Waals surface area (Å²) in [6.07, 6.45) is 5.24. The molecular formula is C12H23NO. The predicted molar refractivity (Wildman–Crippen MR) is 60.2 cm³/mol. The van der Waals surface area contributed by atoms with Crippen molar-refractivity contribution in [2.24, 2.45) is 0 Å². The van der Waals surface area contributed by atoms with Crippen molar-refractivity contribution in [2.75, 3.05) is 7.11 Å². The van der Waals surface area contributed by atoms with Crippen molar-refractivity contribution in [1.29, 1.82) is 0 Å². The molecule has 0 radical (unpaired) electrons. The highest BCUT2D eigenvalue weighted by molar-refractivity contribution is 5.15. The minimum Gasteiger partial charge on any atom is -0.504 e. The molecule has 0 saturated carbocycles. The van der Waals surface area contributed by atoms with E-state index in [0.29, 0.717) is 0 Å². The van der Waals surface area contributed by atoms with Crippen LogP contribution in [0.1, 0.15) is 47.0 Å². The van der Waals surface area contributed by atoms with Crippen LogP contribution >= 0.6 is 0 Å². The van der Waals surface area contributed by atoms with Crippen LogP contribution in [0.25, 0.3) is 0 Å². The molecule has 0 amide bonds. The smallest absolute Gasteiger partial charge is 0.0817 e. The average Bonchev–Trinajstić information content (AvgIpc) is 2.01. The zero-order chi connectivity index (χ0) is 10.8. The third kappa shape index (κ3) is 2.74. The van der Waals surface area contributed by atoms with Crippen LogP contribution < -0.4 is 5.32 Å². The molecule has 0 aromatic rings. The van der Waals surface area contributed by atoms with E-state index in [1.807, 2.05) is 6.26 Å². The van der Waals surface area contributed by atoms with Gasteiger partial charge in [0.2, 0.25) is 0 Å². The highest BCUT2D eigenvalue weighted by Crippen LogP contribution is 2.34. The molecule has 0 aliphatic carbocycles. The minimum absolute atomic E-state index is 0.188. The maximum Gasteiger partial charge on any atom is 0.0817 e. The number of methoxy groups -OCH3 is 1. The van der Waals surface area contributed by atoms with E-state index in [-0.39, 0.29) is 11.1 Å². The monoisotopic (exact) mass is 197 g/mol. The number of nitrogens with one attached hydrogen (secondary N) is 1. The summed E-state index contributed by atoms with van der Waals surface area (Å²) in [7, 11) is 1.73. The minimum atomic E-state index is 0.188. The largest absolute Gasteiger partial charge is 0.504 e. The quantitative estimate of drug-likeness (QED) is 0.687. The van der Waals surface area contributed by atoms with Crippen molar-refractivity contribution in [3.8, 4) is 0 Å². The third-order valence-corrected chi connectivity index (χ3v) is 2.99. The summed E-state index contributed by atoms with van der Waals surface area (Å²) < 4.78 is 5.12. The van der Waals surface area contributed by atoms with Crippen LogP contribution in [0.5, 0.6) is 0 Å². The van der Waals surface area contributed by atoms with E-state index >= 15 is 0 Å². The van der Waals surface area contributed by atoms with Gasteiger partial charge in [-0.1, -0.05) is 6.92 Å². The van der Waals surface area contributed by atoms with Crippen molar-refractivity contribution < 1.29 is 4.74 Å². The molecule has 82 valence electrons. The molecule has 14 heavy (non-hydrogen) atoms. The van der Waals surface area contributed by atoms with Crippen LogP contribution in [0, 0.1) is 0 Å². The Kier molecular flexibility index (Phi) is 3.25. The predicted octanol–water partition coefficient (Wildman–Crippen LogP) is 2.85. The highest BCUT2D eigenvalue weighted by Gasteiger charge is 2.36. The lowest BCUT2D eigenvalue weighted by atomic mass is 9.78. The first-order chi connectivity index (χ1) is 6.41. The fourth-order valence-electron chi connectivity index (χ4n) is 2.50. The number of ether oxygens (including phenoxy) is 1. The van der Waals surface area contributed by atoms with Gasteiger partial charge in [-0.15, -0.1) is 0 Å². The molecule has 1 rings (SSSR count). The molecule has 0 aromatic carbocycles. The van der Waals surface area contributed by atoms with Crippen molar-refractivity contribution >= 4 is 0 Å². The first-order valence-electron chi connectivity index (χ1n) is 5.41. The Bertz CT molecular complexity index is 232. The topological polar surface area (TPSA) is 21.3 Å². The molecule has 2 nitrogen and oxygen atoms in total. The zero-order valence-corrected chi connectivity index (χ0v) is 10.1. The number of piperidine rings is 1. The van der Waals surface area contributed by atoms with Gasteiger partial charge in [0.1, 0.15) is 0 Å². The van der Waals surface area contributed by atoms with Crippen LogP contribution in [0.2, 0.25) is 0 Å². The summed E-state index contributed by atoms with van der Waals surface area (Å²) in [5, 5.41) is 3.71. The van der Waals surface area contributed by atoms with Crippen molar-refractivity contribution in [3.05, 3.63) is 11.8 Å². The fraction of sp³-hybridized carbons (Fsp3) is 0.833. The highest BCUT2D eigenvalue weighted by atomic mass is 16.5. The Morgan fingerprint density at radius 3 is 2.50 bits per heavy atom. The first kappa shape index (κ1) is 11.6. The molecular weight excluding hydrogens is 174 g/mol. The second-order valence-electron chi connectivity index (χ2n) is 5.29. The standard InChI is InChI=1S/C12H23NO/c1-6-12(4)8-10(9-14-5)7-11(2,3)13-12/h9,13H,6-8H2,1-5H3/b10-9+. The average molecular weight is 197 g/mol. The Hall–Kier alpha value is -0.500. The molecule has 1 atom stereocenters. The summed E-state index contributed by atoms with van der Waals surface area (Å²) in [6, 6.07) is 0. The van der Waals surface area contributed by atoms with Gasteiger partial charge < -0.3 is 10.1 Å². The van der Waals surface area contributed by atoms with Gasteiger partial charge in [-0.3, -0.25) is 0 Å². The van der Waals surface area contributed by atoms with Crippen molar-refractivity contribution in [3.63, 3.8) is 0 Å². The maximum absolute atomic E-state index is 5.12. The second kappa shape index (κ2) is 3.93. The molecule has 0 bridgehead atoms. The number of rotatable bonds is 2. The molecule has 1 heterocycles. The lowest BCUT2D eigenvalue weighted by molar-refractivity contribution is 0.193. The van der Waals surface area contributed by atoms with E-state index in [4.69, 9.17) is 4.74 Å². The summed E-state index contributed by atoms with van der Waals surface area (Å²) in [6.45, 7) is 9.03. The Labute approximate surface area is 87.7 Å². The summed E-state index contributed by atoms with van der Waals surface area (Å²) in [5.41, 5.74) is 1.83. The summed E-state index contributed by atoms with van der Waals surface area (Å²) >= 11 is 0. The SMILES string of the molecule is CCC1(C)C/C(=C/OC)CC(C)(C)N1. The van der Waals surface area contributed by atoms with Gasteiger partial charge in [0.25, 0.3) is 0 Å². The molecule has 1 aliphatic rings. The molecule has 1 unspecified atom stereocenters. The van der Waals surface area contributed by atoms with Crippen LogP contribution in [0.15, 0.2) is 11.8 Å². The van der Waals surface area contributed by atoms with Crippen LogP contribution in [0.3, 0.4) is 0 Å². The number of hydrogen-bond donors (Lipinski definition) is 1. The van der Waals surface area contributed by atoms with Gasteiger partial charge in [-0.2, -0.15) is 0 Å². The normalized spacial score (nSPS) is 34.5. The van der Waals surface area contributed by atoms with Gasteiger partial charge in [0.15, 0.2) is 0 Å². The third-order valence-electron chi connectivity index (χ3n) is 2.99. The van der Waals surface area contributed by atoms with Gasteiger partial charge in [0.05, 0.1) is 13.4 Å². The molecule has 1 fully saturated rings. The molecule has 0 aromatic heterocycles. The van der Waals surface area contributed by atoms with Gasteiger partial charge in [0, 0.05) is 11.1 Å².